The zero-order valence-electron chi connectivity index (χ0n) is 21.5. The summed E-state index contributed by atoms with van der Waals surface area (Å²) in [6.07, 6.45) is 2.18. The van der Waals surface area contributed by atoms with Gasteiger partial charge in [0.25, 0.3) is 0 Å². The summed E-state index contributed by atoms with van der Waals surface area (Å²) in [5.41, 5.74) is 4.48. The lowest BCUT2D eigenvalue weighted by Gasteiger charge is -2.24. The van der Waals surface area contributed by atoms with Gasteiger partial charge in [0.15, 0.2) is 0 Å². The van der Waals surface area contributed by atoms with E-state index in [2.05, 4.69) is 10.7 Å². The number of rotatable bonds is 13. The minimum Gasteiger partial charge on any atom is -0.490 e. The number of halogens is 2. The van der Waals surface area contributed by atoms with Gasteiger partial charge in [-0.25, -0.2) is 9.80 Å². The van der Waals surface area contributed by atoms with Gasteiger partial charge in [-0.1, -0.05) is 48.3 Å². The van der Waals surface area contributed by atoms with E-state index in [1.165, 1.54) is 5.01 Å². The van der Waals surface area contributed by atoms with Crippen LogP contribution in [0, 0.1) is 0 Å². The van der Waals surface area contributed by atoms with Crippen molar-refractivity contribution in [1.29, 1.82) is 0 Å². The third kappa shape index (κ3) is 11.3. The first-order chi connectivity index (χ1) is 17.7. The summed E-state index contributed by atoms with van der Waals surface area (Å²) in [4.78, 5) is 36.8. The van der Waals surface area contributed by atoms with E-state index >= 15 is 0 Å². The average molecular weight is 552 g/mol. The monoisotopic (exact) mass is 551 g/mol. The fourth-order valence-corrected chi connectivity index (χ4v) is 3.75. The van der Waals surface area contributed by atoms with Crippen molar-refractivity contribution in [3.63, 3.8) is 0 Å². The number of amides is 3. The number of nitrogens with one attached hydrogen (secondary N) is 2. The van der Waals surface area contributed by atoms with Crippen molar-refractivity contribution >= 4 is 41.1 Å². The van der Waals surface area contributed by atoms with E-state index in [9.17, 15) is 14.4 Å². The largest absolute Gasteiger partial charge is 0.490 e. The fourth-order valence-electron chi connectivity index (χ4n) is 3.43. The van der Waals surface area contributed by atoms with Gasteiger partial charge in [0.05, 0.1) is 29.6 Å². The number of ether oxygens (including phenoxy) is 2. The van der Waals surface area contributed by atoms with Crippen LogP contribution in [0.5, 0.6) is 5.75 Å². The summed E-state index contributed by atoms with van der Waals surface area (Å²) in [6.45, 7) is 6.52. The Balaban J connectivity index is 1.85. The molecule has 0 aromatic heterocycles. The molecule has 2 rings (SSSR count). The van der Waals surface area contributed by atoms with Crippen LogP contribution in [-0.4, -0.2) is 42.2 Å². The molecule has 202 valence electrons. The Morgan fingerprint density at radius 2 is 1.70 bits per heavy atom. The van der Waals surface area contributed by atoms with Gasteiger partial charge >= 0.3 is 12.0 Å². The number of esters is 1. The van der Waals surface area contributed by atoms with Crippen molar-refractivity contribution in [2.24, 2.45) is 0 Å². The molecule has 2 N–H and O–H groups in total. The molecule has 0 saturated carbocycles. The van der Waals surface area contributed by atoms with Crippen LogP contribution in [0.1, 0.15) is 57.6 Å². The van der Waals surface area contributed by atoms with E-state index in [1.54, 1.807) is 25.1 Å². The van der Waals surface area contributed by atoms with Gasteiger partial charge in [-0.15, -0.1) is 0 Å². The molecule has 0 aliphatic carbocycles. The highest BCUT2D eigenvalue weighted by molar-refractivity contribution is 6.42. The Kier molecular flexibility index (Phi) is 13.1. The van der Waals surface area contributed by atoms with Gasteiger partial charge in [-0.05, 0) is 68.5 Å². The van der Waals surface area contributed by atoms with Crippen LogP contribution in [0.4, 0.5) is 4.79 Å². The Morgan fingerprint density at radius 1 is 1.00 bits per heavy atom. The van der Waals surface area contributed by atoms with Crippen molar-refractivity contribution in [2.75, 3.05) is 13.2 Å². The molecule has 0 aliphatic rings. The molecular weight excluding hydrogens is 517 g/mol. The lowest BCUT2D eigenvalue weighted by Crippen LogP contribution is -2.50. The maximum atomic E-state index is 12.6. The predicted molar refractivity (Wildman–Crippen MR) is 145 cm³/mol. The number of hydrazine groups is 1. The smallest absolute Gasteiger partial charge is 0.336 e. The summed E-state index contributed by atoms with van der Waals surface area (Å²) in [6, 6.07) is 12.2. The van der Waals surface area contributed by atoms with E-state index in [0.29, 0.717) is 41.8 Å². The molecule has 10 heteroatoms. The molecule has 0 heterocycles. The van der Waals surface area contributed by atoms with Crippen LogP contribution in [0.15, 0.2) is 42.5 Å². The van der Waals surface area contributed by atoms with Gasteiger partial charge in [-0.3, -0.25) is 15.0 Å². The molecule has 3 amide bonds. The fraction of sp³-hybridized carbons (Fsp3) is 0.444. The van der Waals surface area contributed by atoms with Crippen LogP contribution in [0.2, 0.25) is 10.0 Å². The molecule has 2 aromatic rings. The molecule has 0 saturated heterocycles. The number of carbonyl (C=O) groups is 3. The number of nitrogens with zero attached hydrogens (tertiary/aromatic N) is 1. The number of benzene rings is 2. The highest BCUT2D eigenvalue weighted by Crippen LogP contribution is 2.23. The molecule has 0 spiro atoms. The van der Waals surface area contributed by atoms with E-state index in [4.69, 9.17) is 32.7 Å². The van der Waals surface area contributed by atoms with E-state index in [-0.39, 0.29) is 37.4 Å². The minimum atomic E-state index is -0.394. The lowest BCUT2D eigenvalue weighted by molar-refractivity contribution is -0.144. The van der Waals surface area contributed by atoms with Crippen molar-refractivity contribution in [3.8, 4) is 5.75 Å². The molecular formula is C27H35Cl2N3O5. The number of aryl methyl sites for hydroxylation is 1. The second kappa shape index (κ2) is 16.0. The Morgan fingerprint density at radius 3 is 2.35 bits per heavy atom. The SMILES string of the molecule is CCCNC(=O)N(Cc1ccc(Cl)c(Cl)c1)NC(=O)CCCc1ccc(OC(C)CC(=O)OCC)cc1. The molecule has 0 fully saturated rings. The quantitative estimate of drug-likeness (QED) is 0.246. The average Bonchev–Trinajstić information content (AvgIpc) is 2.85. The van der Waals surface area contributed by atoms with Gasteiger partial charge in [0.2, 0.25) is 5.91 Å². The van der Waals surface area contributed by atoms with Crippen LogP contribution in [-0.2, 0) is 27.3 Å². The molecule has 0 bridgehead atoms. The summed E-state index contributed by atoms with van der Waals surface area (Å²) < 4.78 is 10.7. The third-order valence-electron chi connectivity index (χ3n) is 5.25. The normalized spacial score (nSPS) is 11.4. The number of hydrogen-bond acceptors (Lipinski definition) is 5. The second-order valence-corrected chi connectivity index (χ2v) is 9.35. The molecule has 0 radical (unpaired) electrons. The first-order valence-corrected chi connectivity index (χ1v) is 13.2. The van der Waals surface area contributed by atoms with E-state index < -0.39 is 6.03 Å². The van der Waals surface area contributed by atoms with Gasteiger partial charge in [0, 0.05) is 13.0 Å². The van der Waals surface area contributed by atoms with E-state index in [0.717, 1.165) is 17.5 Å². The van der Waals surface area contributed by atoms with Gasteiger partial charge in [0.1, 0.15) is 11.9 Å². The first-order valence-electron chi connectivity index (χ1n) is 12.4. The van der Waals surface area contributed by atoms with Crippen molar-refractivity contribution < 1.29 is 23.9 Å². The Bertz CT molecular complexity index is 1030. The molecule has 2 aromatic carbocycles. The van der Waals surface area contributed by atoms with Gasteiger partial charge in [-0.2, -0.15) is 0 Å². The lowest BCUT2D eigenvalue weighted by atomic mass is 10.1. The highest BCUT2D eigenvalue weighted by Gasteiger charge is 2.17. The molecule has 37 heavy (non-hydrogen) atoms. The Labute approximate surface area is 228 Å². The molecule has 1 atom stereocenters. The Hall–Kier alpha value is -2.97. The standard InChI is InChI=1S/C27H35Cl2N3O5/c1-4-15-30-27(35)32(18-21-11-14-23(28)24(29)17-21)31-25(33)8-6-7-20-9-12-22(13-10-20)37-19(3)16-26(34)36-5-2/h9-14,17,19H,4-8,15-16,18H2,1-3H3,(H,30,35)(H,31,33). The summed E-state index contributed by atoms with van der Waals surface area (Å²) in [5, 5.41) is 4.83. The maximum Gasteiger partial charge on any atom is 0.336 e. The van der Waals surface area contributed by atoms with Crippen molar-refractivity contribution in [2.45, 2.75) is 65.5 Å². The maximum absolute atomic E-state index is 12.6. The van der Waals surface area contributed by atoms with Crippen LogP contribution >= 0.6 is 23.2 Å². The number of hydrogen-bond donors (Lipinski definition) is 2. The molecule has 1 unspecified atom stereocenters. The molecule has 0 aliphatic heterocycles. The predicted octanol–water partition coefficient (Wildman–Crippen LogP) is 5.69. The van der Waals surface area contributed by atoms with Crippen LogP contribution in [0.25, 0.3) is 0 Å². The first kappa shape index (κ1) is 30.3. The zero-order chi connectivity index (χ0) is 27.2. The summed E-state index contributed by atoms with van der Waals surface area (Å²) in [7, 11) is 0. The van der Waals surface area contributed by atoms with Crippen molar-refractivity contribution in [3.05, 3.63) is 63.6 Å². The minimum absolute atomic E-state index is 0.147. The second-order valence-electron chi connectivity index (χ2n) is 8.54. The van der Waals surface area contributed by atoms with Crippen molar-refractivity contribution in [1.82, 2.24) is 15.8 Å². The number of carbonyl (C=O) groups excluding carboxylic acids is 3. The molecule has 8 nitrogen and oxygen atoms in total. The summed E-state index contributed by atoms with van der Waals surface area (Å²) in [5.74, 6) is 0.108. The highest BCUT2D eigenvalue weighted by atomic mass is 35.5. The van der Waals surface area contributed by atoms with Crippen LogP contribution < -0.4 is 15.5 Å². The zero-order valence-corrected chi connectivity index (χ0v) is 23.0. The topological polar surface area (TPSA) is 97.0 Å². The van der Waals surface area contributed by atoms with Gasteiger partial charge < -0.3 is 14.8 Å². The van der Waals surface area contributed by atoms with Crippen LogP contribution in [0.3, 0.4) is 0 Å². The number of urea groups is 1. The summed E-state index contributed by atoms with van der Waals surface area (Å²) >= 11 is 12.1. The van der Waals surface area contributed by atoms with E-state index in [1.807, 2.05) is 38.1 Å². The third-order valence-corrected chi connectivity index (χ3v) is 5.98.